The second-order valence-electron chi connectivity index (χ2n) is 8.24. The summed E-state index contributed by atoms with van der Waals surface area (Å²) >= 11 is 0. The highest BCUT2D eigenvalue weighted by Crippen LogP contribution is 2.24. The molecule has 0 spiro atoms. The third-order valence-electron chi connectivity index (χ3n) is 5.57. The van der Waals surface area contributed by atoms with Crippen molar-refractivity contribution >= 4 is 23.3 Å². The van der Waals surface area contributed by atoms with Crippen LogP contribution in [0.25, 0.3) is 0 Å². The van der Waals surface area contributed by atoms with E-state index in [1.165, 1.54) is 6.21 Å². The molecule has 13 nitrogen and oxygen atoms in total. The zero-order valence-electron chi connectivity index (χ0n) is 19.7. The van der Waals surface area contributed by atoms with Gasteiger partial charge in [0, 0.05) is 0 Å². The van der Waals surface area contributed by atoms with Crippen LogP contribution in [0.3, 0.4) is 0 Å². The number of hydrazone groups is 2. The molecule has 13 heteroatoms. The van der Waals surface area contributed by atoms with Crippen LogP contribution >= 0.6 is 0 Å². The van der Waals surface area contributed by atoms with Crippen molar-refractivity contribution in [1.29, 1.82) is 0 Å². The van der Waals surface area contributed by atoms with Gasteiger partial charge in [0.2, 0.25) is 0 Å². The Morgan fingerprint density at radius 3 is 2.05 bits per heavy atom. The van der Waals surface area contributed by atoms with Crippen LogP contribution in [0.4, 0.5) is 11.4 Å². The van der Waals surface area contributed by atoms with E-state index >= 15 is 0 Å². The van der Waals surface area contributed by atoms with E-state index in [4.69, 9.17) is 9.47 Å². The lowest BCUT2D eigenvalue weighted by atomic mass is 9.98. The molecule has 1 fully saturated rings. The Morgan fingerprint density at radius 2 is 1.49 bits per heavy atom. The number of nitrogens with one attached hydrogen (secondary N) is 2. The topological polar surface area (TPSA) is 209 Å². The maximum Gasteiger partial charge on any atom is 0.187 e. The Bertz CT molecular complexity index is 996. The monoisotopic (exact) mass is 520 g/mol. The molecule has 202 valence electrons. The molecule has 3 rings (SSSR count). The fraction of sp³-hybridized carbons (Fsp3) is 0.417. The largest absolute Gasteiger partial charge is 0.394 e. The average Bonchev–Trinajstić information content (AvgIpc) is 2.93. The normalized spacial score (nSPS) is 27.0. The van der Waals surface area contributed by atoms with Crippen molar-refractivity contribution in [1.82, 2.24) is 0 Å². The Labute approximate surface area is 212 Å². The van der Waals surface area contributed by atoms with Crippen molar-refractivity contribution < 1.29 is 45.2 Å². The summed E-state index contributed by atoms with van der Waals surface area (Å²) in [6, 6.07) is 17.7. The summed E-state index contributed by atoms with van der Waals surface area (Å²) < 4.78 is 10.9. The number of benzene rings is 2. The predicted molar refractivity (Wildman–Crippen MR) is 134 cm³/mol. The van der Waals surface area contributed by atoms with Crippen molar-refractivity contribution in [2.24, 2.45) is 10.2 Å². The van der Waals surface area contributed by atoms with Gasteiger partial charge in [-0.1, -0.05) is 36.4 Å². The first-order chi connectivity index (χ1) is 17.8. The van der Waals surface area contributed by atoms with E-state index in [9.17, 15) is 35.7 Å². The van der Waals surface area contributed by atoms with Gasteiger partial charge in [-0.05, 0) is 24.3 Å². The molecule has 2 aromatic rings. The predicted octanol–water partition coefficient (Wildman–Crippen LogP) is -1.55. The van der Waals surface area contributed by atoms with Crippen LogP contribution in [-0.4, -0.2) is 110 Å². The number of aliphatic hydroxyl groups excluding tert-OH is 7. The summed E-state index contributed by atoms with van der Waals surface area (Å²) in [4.78, 5) is 0. The number of rotatable bonds is 12. The molecule has 2 aromatic carbocycles. The van der Waals surface area contributed by atoms with Crippen LogP contribution in [0.2, 0.25) is 0 Å². The molecule has 37 heavy (non-hydrogen) atoms. The van der Waals surface area contributed by atoms with E-state index in [0.717, 1.165) is 0 Å². The van der Waals surface area contributed by atoms with E-state index in [-0.39, 0.29) is 5.71 Å². The van der Waals surface area contributed by atoms with Crippen molar-refractivity contribution in [3.63, 3.8) is 0 Å². The fourth-order valence-electron chi connectivity index (χ4n) is 3.48. The summed E-state index contributed by atoms with van der Waals surface area (Å²) in [5.74, 6) is 0. The molecular weight excluding hydrogens is 488 g/mol. The molecule has 0 radical (unpaired) electrons. The molecule has 0 saturated carbocycles. The lowest BCUT2D eigenvalue weighted by Crippen LogP contribution is -2.61. The first kappa shape index (κ1) is 28.6. The van der Waals surface area contributed by atoms with Gasteiger partial charge in [0.1, 0.15) is 48.4 Å². The Morgan fingerprint density at radius 1 is 0.892 bits per heavy atom. The quantitative estimate of drug-likeness (QED) is 0.116. The highest BCUT2D eigenvalue weighted by atomic mass is 16.7. The smallest absolute Gasteiger partial charge is 0.187 e. The summed E-state index contributed by atoms with van der Waals surface area (Å²) in [6.07, 6.45) is -12.1. The molecule has 0 bridgehead atoms. The van der Waals surface area contributed by atoms with Gasteiger partial charge in [0.25, 0.3) is 0 Å². The van der Waals surface area contributed by atoms with Gasteiger partial charge in [-0.3, -0.25) is 10.9 Å². The van der Waals surface area contributed by atoms with Crippen molar-refractivity contribution in [2.75, 3.05) is 24.1 Å². The van der Waals surface area contributed by atoms with Crippen LogP contribution in [0, 0.1) is 0 Å². The third kappa shape index (κ3) is 7.75. The lowest BCUT2D eigenvalue weighted by Gasteiger charge is -2.41. The minimum atomic E-state index is -1.80. The number of ether oxygens (including phenoxy) is 2. The summed E-state index contributed by atoms with van der Waals surface area (Å²) in [5, 5.41) is 79.1. The van der Waals surface area contributed by atoms with Gasteiger partial charge < -0.3 is 45.2 Å². The van der Waals surface area contributed by atoms with E-state index in [2.05, 4.69) is 21.1 Å². The lowest BCUT2D eigenvalue weighted by molar-refractivity contribution is -0.322. The number of aliphatic hydroxyl groups is 7. The van der Waals surface area contributed by atoms with Crippen LogP contribution in [-0.2, 0) is 9.47 Å². The highest BCUT2D eigenvalue weighted by molar-refractivity contribution is 6.33. The number of anilines is 2. The molecule has 0 unspecified atom stereocenters. The van der Waals surface area contributed by atoms with Crippen LogP contribution in [0.5, 0.6) is 0 Å². The Balaban J connectivity index is 1.85. The minimum Gasteiger partial charge on any atom is -0.394 e. The van der Waals surface area contributed by atoms with Crippen molar-refractivity contribution in [3.05, 3.63) is 60.7 Å². The maximum atomic E-state index is 11.1. The maximum absolute atomic E-state index is 11.1. The molecule has 0 aromatic heterocycles. The van der Waals surface area contributed by atoms with Gasteiger partial charge in [0.05, 0.1) is 30.8 Å². The van der Waals surface area contributed by atoms with E-state index < -0.39 is 62.2 Å². The standard InChI is InChI=1S/C24H32N4O9/c29-12-17(31)23(37-24-22(35)21(34)20(33)18(13-30)36-24)19(32)16(28-27-15-9-5-2-6-10-15)11-25-26-14-7-3-1-4-8-14/h1-11,17-24,26-27,29-35H,12-13H2/b25-11+,28-16+/t17-,18-,19-,20-,21+,22-,23-,24+/m1/s1. The Hall–Kier alpha value is -2.98. The highest BCUT2D eigenvalue weighted by Gasteiger charge is 2.46. The van der Waals surface area contributed by atoms with Crippen LogP contribution < -0.4 is 10.9 Å². The number of nitrogens with zero attached hydrogens (tertiary/aromatic N) is 2. The number of hydrogen-bond acceptors (Lipinski definition) is 13. The number of hydrogen-bond donors (Lipinski definition) is 9. The first-order valence-electron chi connectivity index (χ1n) is 11.5. The van der Waals surface area contributed by atoms with Gasteiger partial charge in [-0.25, -0.2) is 0 Å². The van der Waals surface area contributed by atoms with E-state index in [1.54, 1.807) is 54.6 Å². The van der Waals surface area contributed by atoms with E-state index in [1.807, 2.05) is 6.07 Å². The third-order valence-corrected chi connectivity index (χ3v) is 5.57. The molecule has 1 saturated heterocycles. The SMILES string of the molecule is OC[C@@H](O)[C@@H](O[C@@H]1O[C@H](CO)[C@@H](O)[C@H](O)[C@H]1O)[C@H](O)C(/C=N/Nc1ccccc1)=N/Nc1ccccc1. The van der Waals surface area contributed by atoms with E-state index in [0.29, 0.717) is 11.4 Å². The fourth-order valence-corrected chi connectivity index (χ4v) is 3.48. The summed E-state index contributed by atoms with van der Waals surface area (Å²) in [6.45, 7) is -1.55. The molecule has 1 heterocycles. The average molecular weight is 521 g/mol. The zero-order chi connectivity index (χ0) is 26.8. The number of para-hydroxylation sites is 2. The minimum absolute atomic E-state index is 0.144. The second-order valence-corrected chi connectivity index (χ2v) is 8.24. The molecule has 8 atom stereocenters. The first-order valence-corrected chi connectivity index (χ1v) is 11.5. The molecule has 0 amide bonds. The van der Waals surface area contributed by atoms with Crippen LogP contribution in [0.1, 0.15) is 0 Å². The second kappa shape index (κ2) is 14.1. The summed E-state index contributed by atoms with van der Waals surface area (Å²) in [7, 11) is 0. The zero-order valence-corrected chi connectivity index (χ0v) is 19.7. The molecule has 1 aliphatic heterocycles. The van der Waals surface area contributed by atoms with Gasteiger partial charge in [-0.15, -0.1) is 0 Å². The Kier molecular flexibility index (Phi) is 10.9. The van der Waals surface area contributed by atoms with Gasteiger partial charge in [-0.2, -0.15) is 10.2 Å². The van der Waals surface area contributed by atoms with Crippen molar-refractivity contribution in [2.45, 2.75) is 49.0 Å². The van der Waals surface area contributed by atoms with Gasteiger partial charge >= 0.3 is 0 Å². The molecule has 9 N–H and O–H groups in total. The van der Waals surface area contributed by atoms with Crippen molar-refractivity contribution in [3.8, 4) is 0 Å². The summed E-state index contributed by atoms with van der Waals surface area (Å²) in [5.41, 5.74) is 6.59. The molecular formula is C24H32N4O9. The molecule has 1 aliphatic rings. The molecule has 0 aliphatic carbocycles. The van der Waals surface area contributed by atoms with Crippen LogP contribution in [0.15, 0.2) is 70.9 Å². The van der Waals surface area contributed by atoms with Gasteiger partial charge in [0.15, 0.2) is 6.29 Å².